The summed E-state index contributed by atoms with van der Waals surface area (Å²) in [6.07, 6.45) is 5.76. The van der Waals surface area contributed by atoms with Gasteiger partial charge in [-0.1, -0.05) is 66.1 Å². The molecule has 0 aliphatic heterocycles. The normalized spacial score (nSPS) is 11.3. The third-order valence-electron chi connectivity index (χ3n) is 5.81. The van der Waals surface area contributed by atoms with Gasteiger partial charge in [0.2, 0.25) is 0 Å². The molecule has 5 nitrogen and oxygen atoms in total. The Morgan fingerprint density at radius 1 is 0.857 bits per heavy atom. The number of para-hydroxylation sites is 1. The maximum absolute atomic E-state index is 10.1. The first-order chi connectivity index (χ1) is 16.7. The van der Waals surface area contributed by atoms with Gasteiger partial charge in [0.1, 0.15) is 11.3 Å². The number of carboxylic acids is 1. The monoisotopic (exact) mass is 634 g/mol. The van der Waals surface area contributed by atoms with Gasteiger partial charge in [0.05, 0.1) is 11.1 Å². The van der Waals surface area contributed by atoms with Crippen LogP contribution in [0.25, 0.3) is 56.3 Å². The zero-order valence-corrected chi connectivity index (χ0v) is 20.6. The van der Waals surface area contributed by atoms with Crippen molar-refractivity contribution in [3.8, 4) is 11.3 Å². The van der Waals surface area contributed by atoms with E-state index in [2.05, 4.69) is 53.5 Å². The van der Waals surface area contributed by atoms with Gasteiger partial charge in [-0.25, -0.2) is 9.78 Å². The smallest absolute Gasteiger partial charge is 0.354 e. The third kappa shape index (κ3) is 4.03. The largest absolute Gasteiger partial charge is 0.477 e. The summed E-state index contributed by atoms with van der Waals surface area (Å²) < 4.78 is 6.01. The average molecular weight is 634 g/mol. The zero-order valence-electron chi connectivity index (χ0n) is 18.2. The summed E-state index contributed by atoms with van der Waals surface area (Å²) in [7, 11) is 0. The van der Waals surface area contributed by atoms with Crippen molar-refractivity contribution in [2.45, 2.75) is 0 Å². The van der Waals surface area contributed by atoms with E-state index in [0.717, 1.165) is 38.7 Å². The van der Waals surface area contributed by atoms with Gasteiger partial charge in [0.15, 0.2) is 0 Å². The number of furan rings is 1. The second-order valence-electron chi connectivity index (χ2n) is 7.88. The van der Waals surface area contributed by atoms with E-state index in [1.165, 1.54) is 28.8 Å². The van der Waals surface area contributed by atoms with Gasteiger partial charge in [-0.05, 0) is 46.5 Å². The predicted octanol–water partition coefficient (Wildman–Crippen LogP) is 6.86. The van der Waals surface area contributed by atoms with Crippen LogP contribution in [0.4, 0.5) is 0 Å². The molecule has 1 N–H and O–H groups in total. The Labute approximate surface area is 214 Å². The molecule has 0 amide bonds. The van der Waals surface area contributed by atoms with Crippen LogP contribution in [0.2, 0.25) is 0 Å². The first kappa shape index (κ1) is 22.7. The number of nitrogens with zero attached hydrogens (tertiary/aromatic N) is 2. The molecule has 0 saturated carbocycles. The molecule has 6 heteroatoms. The molecule has 0 unspecified atom stereocenters. The van der Waals surface area contributed by atoms with E-state index in [0.29, 0.717) is 0 Å². The fourth-order valence-corrected chi connectivity index (χ4v) is 4.33. The van der Waals surface area contributed by atoms with Crippen LogP contribution < -0.4 is 0 Å². The number of fused-ring (bicyclic) bond motifs is 3. The van der Waals surface area contributed by atoms with Gasteiger partial charge < -0.3 is 9.52 Å². The standard InChI is InChI=1S/C23H12NO.C6H5NO2.Ir/c1-2-9-20-17(6-1)23-16(7-4-10-21(23)25-20)19-13-15-12-11-14-5-3-8-18(24-19)22(14)15;8-6(9)5-3-1-2-4-7-5;/h1-6,8-13H;1-4H,(H,8,9);/q-1;;. The molecule has 35 heavy (non-hydrogen) atoms. The second-order valence-corrected chi connectivity index (χ2v) is 7.88. The minimum Gasteiger partial charge on any atom is -0.477 e. The maximum atomic E-state index is 10.1. The summed E-state index contributed by atoms with van der Waals surface area (Å²) in [5.41, 5.74) is 7.25. The molecule has 0 saturated heterocycles. The van der Waals surface area contributed by atoms with Gasteiger partial charge in [-0.2, -0.15) is 0 Å². The number of rotatable bonds is 2. The molecule has 3 aromatic heterocycles. The van der Waals surface area contributed by atoms with Crippen LogP contribution in [-0.4, -0.2) is 21.0 Å². The van der Waals surface area contributed by atoms with Crippen molar-refractivity contribution in [3.63, 3.8) is 0 Å². The van der Waals surface area contributed by atoms with Gasteiger partial charge in [-0.15, -0.1) is 17.7 Å². The number of pyridine rings is 2. The molecule has 1 radical (unpaired) electrons. The molecular weight excluding hydrogens is 617 g/mol. The Kier molecular flexibility index (Phi) is 5.99. The van der Waals surface area contributed by atoms with Crippen molar-refractivity contribution in [1.29, 1.82) is 0 Å². The molecule has 6 aromatic rings. The summed E-state index contributed by atoms with van der Waals surface area (Å²) >= 11 is 0. The van der Waals surface area contributed by atoms with Crippen LogP contribution in [0.1, 0.15) is 21.6 Å². The Morgan fingerprint density at radius 3 is 2.49 bits per heavy atom. The van der Waals surface area contributed by atoms with Crippen molar-refractivity contribution in [2.75, 3.05) is 0 Å². The van der Waals surface area contributed by atoms with Gasteiger partial charge in [0, 0.05) is 31.7 Å². The molecule has 0 bridgehead atoms. The second kappa shape index (κ2) is 9.26. The van der Waals surface area contributed by atoms with Crippen molar-refractivity contribution in [1.82, 2.24) is 9.97 Å². The van der Waals surface area contributed by atoms with E-state index in [9.17, 15) is 4.79 Å². The first-order valence-electron chi connectivity index (χ1n) is 10.8. The Balaban J connectivity index is 0.000000217. The van der Waals surface area contributed by atoms with E-state index in [4.69, 9.17) is 14.5 Å². The molecule has 1 aliphatic carbocycles. The van der Waals surface area contributed by atoms with E-state index in [1.807, 2.05) is 30.3 Å². The molecular formula is C29H17IrN2O3-. The minimum absolute atomic E-state index is 0. The number of hydrogen-bond donors (Lipinski definition) is 1. The Bertz CT molecular complexity index is 1740. The van der Waals surface area contributed by atoms with Gasteiger partial charge >= 0.3 is 5.97 Å². The van der Waals surface area contributed by atoms with Crippen LogP contribution >= 0.6 is 0 Å². The van der Waals surface area contributed by atoms with Crippen LogP contribution in [-0.2, 0) is 20.1 Å². The molecule has 7 rings (SSSR count). The van der Waals surface area contributed by atoms with Gasteiger partial charge in [0.25, 0.3) is 0 Å². The number of benzene rings is 3. The zero-order chi connectivity index (χ0) is 23.1. The molecule has 0 spiro atoms. The van der Waals surface area contributed by atoms with E-state index >= 15 is 0 Å². The van der Waals surface area contributed by atoms with Crippen molar-refractivity contribution in [3.05, 3.63) is 108 Å². The fourth-order valence-electron chi connectivity index (χ4n) is 4.33. The quantitative estimate of drug-likeness (QED) is 0.211. The number of aromatic nitrogens is 2. The Hall–Kier alpha value is -4.12. The van der Waals surface area contributed by atoms with E-state index < -0.39 is 5.97 Å². The Morgan fingerprint density at radius 2 is 1.69 bits per heavy atom. The van der Waals surface area contributed by atoms with Crippen LogP contribution in [0, 0.1) is 6.07 Å². The molecule has 0 atom stereocenters. The fraction of sp³-hybridized carbons (Fsp3) is 0. The molecule has 171 valence electrons. The molecule has 3 heterocycles. The van der Waals surface area contributed by atoms with E-state index in [-0.39, 0.29) is 25.8 Å². The topological polar surface area (TPSA) is 76.2 Å². The summed E-state index contributed by atoms with van der Waals surface area (Å²) in [5, 5.41) is 11.7. The summed E-state index contributed by atoms with van der Waals surface area (Å²) in [4.78, 5) is 18.6. The molecule has 3 aromatic carbocycles. The minimum atomic E-state index is -0.990. The van der Waals surface area contributed by atoms with Crippen molar-refractivity contribution >= 4 is 51.0 Å². The molecule has 0 fully saturated rings. The number of hydrogen-bond acceptors (Lipinski definition) is 4. The third-order valence-corrected chi connectivity index (χ3v) is 5.81. The average Bonchev–Trinajstić information content (AvgIpc) is 3.47. The number of carbonyl (C=O) groups is 1. The predicted molar refractivity (Wildman–Crippen MR) is 133 cm³/mol. The SMILES string of the molecule is O=C(O)c1ccccn1.[Ir].[c-]1ccc2oc3ccccc3c2c1-c1cc2c3c(cccc3n1)C=C2. The molecule has 1 aliphatic rings. The summed E-state index contributed by atoms with van der Waals surface area (Å²) in [5.74, 6) is -0.990. The maximum Gasteiger partial charge on any atom is 0.354 e. The van der Waals surface area contributed by atoms with Crippen molar-refractivity contribution in [2.24, 2.45) is 0 Å². The van der Waals surface area contributed by atoms with Crippen LogP contribution in [0.3, 0.4) is 0 Å². The summed E-state index contributed by atoms with van der Waals surface area (Å²) in [6, 6.07) is 28.6. The number of carboxylic acid groups (broad SMARTS) is 1. The summed E-state index contributed by atoms with van der Waals surface area (Å²) in [6.45, 7) is 0. The van der Waals surface area contributed by atoms with Crippen LogP contribution in [0.15, 0.2) is 89.5 Å². The van der Waals surface area contributed by atoms with E-state index in [1.54, 1.807) is 12.1 Å². The van der Waals surface area contributed by atoms with Crippen molar-refractivity contribution < 1.29 is 34.4 Å². The first-order valence-corrected chi connectivity index (χ1v) is 10.8. The van der Waals surface area contributed by atoms with Gasteiger partial charge in [-0.3, -0.25) is 4.98 Å². The van der Waals surface area contributed by atoms with Crippen LogP contribution in [0.5, 0.6) is 0 Å². The number of aromatic carboxylic acids is 1.